The molecule has 0 radical (unpaired) electrons. The zero-order chi connectivity index (χ0) is 15.4. The van der Waals surface area contributed by atoms with Crippen molar-refractivity contribution >= 4 is 29.0 Å². The van der Waals surface area contributed by atoms with E-state index in [0.717, 1.165) is 5.03 Å². The summed E-state index contributed by atoms with van der Waals surface area (Å²) in [6.45, 7) is 0. The van der Waals surface area contributed by atoms with Gasteiger partial charge in [-0.25, -0.2) is 4.98 Å². The molecule has 1 aliphatic carbocycles. The van der Waals surface area contributed by atoms with Gasteiger partial charge in [0.2, 0.25) is 0 Å². The summed E-state index contributed by atoms with van der Waals surface area (Å²) in [6.07, 6.45) is 8.62. The first kappa shape index (κ1) is 15.6. The number of hydrogen-bond donors (Lipinski definition) is 1. The lowest BCUT2D eigenvalue weighted by Gasteiger charge is -2.24. The molecule has 0 spiro atoms. The summed E-state index contributed by atoms with van der Waals surface area (Å²) < 4.78 is 0. The second-order valence-electron chi connectivity index (χ2n) is 5.57. The Morgan fingerprint density at radius 1 is 1.36 bits per heavy atom. The van der Waals surface area contributed by atoms with Gasteiger partial charge in [-0.3, -0.25) is 4.79 Å². The number of thiophene rings is 1. The van der Waals surface area contributed by atoms with Crippen molar-refractivity contribution in [3.63, 3.8) is 0 Å². The minimum Gasteiger partial charge on any atom is -0.344 e. The van der Waals surface area contributed by atoms with E-state index in [1.165, 1.54) is 42.3 Å². The average Bonchev–Trinajstić information content (AvgIpc) is 3.25. The number of carbonyl (C=O) groups is 1. The molecule has 1 amide bonds. The Balaban J connectivity index is 1.82. The Labute approximate surface area is 139 Å². The fraction of sp³-hybridized carbons (Fsp3) is 0.412. The molecular formula is C17H20N2OS2. The van der Waals surface area contributed by atoms with Gasteiger partial charge in [-0.15, -0.1) is 23.1 Å². The van der Waals surface area contributed by atoms with Crippen LogP contribution in [-0.2, 0) is 0 Å². The monoisotopic (exact) mass is 332 g/mol. The van der Waals surface area contributed by atoms with Crippen LogP contribution in [-0.4, -0.2) is 17.1 Å². The molecule has 0 bridgehead atoms. The van der Waals surface area contributed by atoms with Gasteiger partial charge in [0.1, 0.15) is 5.03 Å². The van der Waals surface area contributed by atoms with Crippen LogP contribution in [0.3, 0.4) is 0 Å². The minimum absolute atomic E-state index is 0.0113. The number of pyridine rings is 1. The number of nitrogens with one attached hydrogen (secondary N) is 1. The number of amides is 1. The molecule has 22 heavy (non-hydrogen) atoms. The van der Waals surface area contributed by atoms with Crippen LogP contribution in [0, 0.1) is 5.92 Å². The predicted octanol–water partition coefficient (Wildman–Crippen LogP) is 4.53. The van der Waals surface area contributed by atoms with Crippen LogP contribution in [0.2, 0.25) is 0 Å². The van der Waals surface area contributed by atoms with Gasteiger partial charge >= 0.3 is 0 Å². The molecule has 1 fully saturated rings. The van der Waals surface area contributed by atoms with Gasteiger partial charge in [-0.1, -0.05) is 18.9 Å². The van der Waals surface area contributed by atoms with E-state index < -0.39 is 0 Å². The van der Waals surface area contributed by atoms with Gasteiger partial charge in [0.05, 0.1) is 11.6 Å². The Morgan fingerprint density at radius 2 is 2.18 bits per heavy atom. The van der Waals surface area contributed by atoms with Crippen LogP contribution in [0.25, 0.3) is 0 Å². The molecule has 2 aromatic rings. The van der Waals surface area contributed by atoms with Crippen LogP contribution in [0.15, 0.2) is 40.9 Å². The van der Waals surface area contributed by atoms with Crippen molar-refractivity contribution in [3.05, 3.63) is 46.3 Å². The van der Waals surface area contributed by atoms with Gasteiger partial charge in [0.15, 0.2) is 0 Å². The van der Waals surface area contributed by atoms with E-state index in [0.29, 0.717) is 11.5 Å². The smallest absolute Gasteiger partial charge is 0.254 e. The minimum atomic E-state index is -0.0113. The molecule has 3 rings (SSSR count). The van der Waals surface area contributed by atoms with Crippen molar-refractivity contribution in [2.75, 3.05) is 6.26 Å². The van der Waals surface area contributed by atoms with Crippen molar-refractivity contribution in [2.45, 2.75) is 36.8 Å². The van der Waals surface area contributed by atoms with Crippen LogP contribution in [0.4, 0.5) is 0 Å². The molecule has 0 saturated heterocycles. The second kappa shape index (κ2) is 7.29. The molecule has 0 aromatic carbocycles. The third kappa shape index (κ3) is 3.36. The highest BCUT2D eigenvalue weighted by Gasteiger charge is 2.29. The lowest BCUT2D eigenvalue weighted by atomic mass is 9.96. The van der Waals surface area contributed by atoms with E-state index in [9.17, 15) is 4.79 Å². The molecule has 116 valence electrons. The molecule has 1 aliphatic rings. The Bertz CT molecular complexity index is 621. The fourth-order valence-electron chi connectivity index (χ4n) is 3.13. The third-order valence-electron chi connectivity index (χ3n) is 4.22. The molecule has 2 heterocycles. The van der Waals surface area contributed by atoms with Gasteiger partial charge < -0.3 is 5.32 Å². The summed E-state index contributed by atoms with van der Waals surface area (Å²) in [5.74, 6) is 0.541. The standard InChI is InChI=1S/C17H20N2OS2/c1-21-17-13(8-4-10-18-17)16(20)19-15(12-6-2-3-7-12)14-9-5-11-22-14/h4-5,8-12,15H,2-3,6-7H2,1H3,(H,19,20). The summed E-state index contributed by atoms with van der Waals surface area (Å²) in [5, 5.41) is 6.14. The Kier molecular flexibility index (Phi) is 5.16. The molecule has 1 unspecified atom stereocenters. The van der Waals surface area contributed by atoms with Gasteiger partial charge in [-0.2, -0.15) is 0 Å². The number of carbonyl (C=O) groups excluding carboxylic acids is 1. The number of thioether (sulfide) groups is 1. The predicted molar refractivity (Wildman–Crippen MR) is 92.5 cm³/mol. The SMILES string of the molecule is CSc1ncccc1C(=O)NC(c1cccs1)C1CCCC1. The first-order chi connectivity index (χ1) is 10.8. The third-order valence-corrected chi connectivity index (χ3v) is 5.88. The largest absolute Gasteiger partial charge is 0.344 e. The molecule has 0 aliphatic heterocycles. The number of aromatic nitrogens is 1. The maximum atomic E-state index is 12.7. The number of rotatable bonds is 5. The molecule has 1 atom stereocenters. The highest BCUT2D eigenvalue weighted by atomic mass is 32.2. The van der Waals surface area contributed by atoms with Crippen molar-refractivity contribution in [1.29, 1.82) is 0 Å². The molecule has 1 saturated carbocycles. The zero-order valence-corrected chi connectivity index (χ0v) is 14.3. The Hall–Kier alpha value is -1.33. The maximum Gasteiger partial charge on any atom is 0.254 e. The summed E-state index contributed by atoms with van der Waals surface area (Å²) in [6, 6.07) is 8.00. The Morgan fingerprint density at radius 3 is 2.86 bits per heavy atom. The first-order valence-electron chi connectivity index (χ1n) is 7.63. The molecule has 1 N–H and O–H groups in total. The van der Waals surface area contributed by atoms with Crippen LogP contribution in [0.1, 0.15) is 47.0 Å². The van der Waals surface area contributed by atoms with Crippen molar-refractivity contribution < 1.29 is 4.79 Å². The van der Waals surface area contributed by atoms with E-state index in [-0.39, 0.29) is 11.9 Å². The highest BCUT2D eigenvalue weighted by Crippen LogP contribution is 2.37. The normalized spacial score (nSPS) is 16.6. The van der Waals surface area contributed by atoms with Gasteiger partial charge in [0.25, 0.3) is 5.91 Å². The first-order valence-corrected chi connectivity index (χ1v) is 9.73. The van der Waals surface area contributed by atoms with Crippen LogP contribution < -0.4 is 5.32 Å². The summed E-state index contributed by atoms with van der Waals surface area (Å²) in [5.41, 5.74) is 0.676. The van der Waals surface area contributed by atoms with Crippen molar-refractivity contribution in [3.8, 4) is 0 Å². The van der Waals surface area contributed by atoms with E-state index in [1.54, 1.807) is 17.5 Å². The van der Waals surface area contributed by atoms with Gasteiger partial charge in [-0.05, 0) is 48.6 Å². The lowest BCUT2D eigenvalue weighted by Crippen LogP contribution is -2.32. The fourth-order valence-corrected chi connectivity index (χ4v) is 4.54. The van der Waals surface area contributed by atoms with Gasteiger partial charge in [0, 0.05) is 11.1 Å². The summed E-state index contributed by atoms with van der Waals surface area (Å²) in [7, 11) is 0. The molecule has 2 aromatic heterocycles. The highest BCUT2D eigenvalue weighted by molar-refractivity contribution is 7.98. The second-order valence-corrected chi connectivity index (χ2v) is 7.35. The lowest BCUT2D eigenvalue weighted by molar-refractivity contribution is 0.0919. The van der Waals surface area contributed by atoms with Crippen molar-refractivity contribution in [2.24, 2.45) is 5.92 Å². The zero-order valence-electron chi connectivity index (χ0n) is 12.6. The summed E-state index contributed by atoms with van der Waals surface area (Å²) >= 11 is 3.24. The summed E-state index contributed by atoms with van der Waals surface area (Å²) in [4.78, 5) is 18.3. The number of nitrogens with zero attached hydrogens (tertiary/aromatic N) is 1. The van der Waals surface area contributed by atoms with E-state index >= 15 is 0 Å². The topological polar surface area (TPSA) is 42.0 Å². The van der Waals surface area contributed by atoms with Crippen molar-refractivity contribution in [1.82, 2.24) is 10.3 Å². The van der Waals surface area contributed by atoms with E-state index in [4.69, 9.17) is 0 Å². The van der Waals surface area contributed by atoms with E-state index in [2.05, 4.69) is 27.8 Å². The molecule has 5 heteroatoms. The van der Waals surface area contributed by atoms with E-state index in [1.807, 2.05) is 18.4 Å². The maximum absolute atomic E-state index is 12.7. The molecular weight excluding hydrogens is 312 g/mol. The number of hydrogen-bond acceptors (Lipinski definition) is 4. The van der Waals surface area contributed by atoms with Crippen LogP contribution >= 0.6 is 23.1 Å². The average molecular weight is 332 g/mol. The quantitative estimate of drug-likeness (QED) is 0.818. The van der Waals surface area contributed by atoms with Crippen LogP contribution in [0.5, 0.6) is 0 Å². The molecule has 3 nitrogen and oxygen atoms in total.